The van der Waals surface area contributed by atoms with Gasteiger partial charge in [-0.1, -0.05) is 0 Å². The fourth-order valence-electron chi connectivity index (χ4n) is 1.84. The third kappa shape index (κ3) is 2.73. The SMILES string of the molecule is NC1COCC1C(=O)Nc1cc([N+](=O)[O-])c(F)cc1F. The molecule has 1 aliphatic heterocycles. The smallest absolute Gasteiger partial charge is 0.307 e. The zero-order chi connectivity index (χ0) is 14.9. The summed E-state index contributed by atoms with van der Waals surface area (Å²) in [5.74, 6) is -3.73. The summed E-state index contributed by atoms with van der Waals surface area (Å²) < 4.78 is 31.6. The van der Waals surface area contributed by atoms with Gasteiger partial charge < -0.3 is 15.8 Å². The Balaban J connectivity index is 2.22. The van der Waals surface area contributed by atoms with Gasteiger partial charge in [0, 0.05) is 18.2 Å². The molecule has 0 bridgehead atoms. The minimum absolute atomic E-state index is 0.0813. The van der Waals surface area contributed by atoms with Crippen LogP contribution < -0.4 is 11.1 Å². The molecule has 0 spiro atoms. The first-order valence-electron chi connectivity index (χ1n) is 5.67. The molecule has 1 heterocycles. The molecule has 1 aromatic carbocycles. The predicted octanol–water partition coefficient (Wildman–Crippen LogP) is 0.785. The molecular formula is C11H11F2N3O4. The van der Waals surface area contributed by atoms with E-state index in [2.05, 4.69) is 5.32 Å². The third-order valence-corrected chi connectivity index (χ3v) is 2.95. The quantitative estimate of drug-likeness (QED) is 0.631. The van der Waals surface area contributed by atoms with E-state index in [0.717, 1.165) is 0 Å². The highest BCUT2D eigenvalue weighted by molar-refractivity contribution is 5.93. The molecule has 1 fully saturated rings. The van der Waals surface area contributed by atoms with Gasteiger partial charge >= 0.3 is 5.69 Å². The largest absolute Gasteiger partial charge is 0.379 e. The van der Waals surface area contributed by atoms with E-state index >= 15 is 0 Å². The molecule has 108 valence electrons. The number of hydrogen-bond donors (Lipinski definition) is 2. The molecule has 9 heteroatoms. The second-order valence-corrected chi connectivity index (χ2v) is 4.34. The Morgan fingerprint density at radius 1 is 1.40 bits per heavy atom. The molecule has 0 radical (unpaired) electrons. The summed E-state index contributed by atoms with van der Waals surface area (Å²) in [5.41, 5.74) is 4.23. The summed E-state index contributed by atoms with van der Waals surface area (Å²) in [7, 11) is 0. The monoisotopic (exact) mass is 287 g/mol. The summed E-state index contributed by atoms with van der Waals surface area (Å²) in [6, 6.07) is 0.441. The Morgan fingerprint density at radius 3 is 2.65 bits per heavy atom. The average Bonchev–Trinajstić information content (AvgIpc) is 2.78. The van der Waals surface area contributed by atoms with Crippen molar-refractivity contribution in [1.82, 2.24) is 0 Å². The van der Waals surface area contributed by atoms with Gasteiger partial charge in [0.1, 0.15) is 5.82 Å². The maximum Gasteiger partial charge on any atom is 0.307 e. The number of nitrogens with zero attached hydrogens (tertiary/aromatic N) is 1. The minimum atomic E-state index is -1.31. The minimum Gasteiger partial charge on any atom is -0.379 e. The van der Waals surface area contributed by atoms with Crippen LogP contribution in [0.5, 0.6) is 0 Å². The highest BCUT2D eigenvalue weighted by atomic mass is 19.1. The number of hydrogen-bond acceptors (Lipinski definition) is 5. The van der Waals surface area contributed by atoms with Crippen molar-refractivity contribution < 1.29 is 23.2 Å². The number of nitro groups is 1. The molecule has 1 saturated heterocycles. The number of amides is 1. The number of halogens is 2. The van der Waals surface area contributed by atoms with Crippen molar-refractivity contribution in [3.63, 3.8) is 0 Å². The number of nitro benzene ring substituents is 1. The van der Waals surface area contributed by atoms with Crippen LogP contribution in [-0.2, 0) is 9.53 Å². The molecule has 3 N–H and O–H groups in total. The number of benzene rings is 1. The molecule has 20 heavy (non-hydrogen) atoms. The Morgan fingerprint density at radius 2 is 2.10 bits per heavy atom. The van der Waals surface area contributed by atoms with E-state index < -0.39 is 45.8 Å². The number of carbonyl (C=O) groups is 1. The van der Waals surface area contributed by atoms with E-state index in [-0.39, 0.29) is 13.2 Å². The van der Waals surface area contributed by atoms with Crippen molar-refractivity contribution in [2.45, 2.75) is 6.04 Å². The van der Waals surface area contributed by atoms with E-state index in [1.807, 2.05) is 0 Å². The van der Waals surface area contributed by atoms with Crippen molar-refractivity contribution >= 4 is 17.3 Å². The Labute approximate surface area is 111 Å². The summed E-state index contributed by atoms with van der Waals surface area (Å²) in [6.45, 7) is 0.280. The van der Waals surface area contributed by atoms with Crippen molar-refractivity contribution in [2.75, 3.05) is 18.5 Å². The second kappa shape index (κ2) is 5.47. The lowest BCUT2D eigenvalue weighted by Crippen LogP contribution is -2.37. The predicted molar refractivity (Wildman–Crippen MR) is 63.9 cm³/mol. The maximum absolute atomic E-state index is 13.5. The lowest BCUT2D eigenvalue weighted by Gasteiger charge is -2.13. The number of rotatable bonds is 3. The van der Waals surface area contributed by atoms with Crippen LogP contribution in [0.15, 0.2) is 12.1 Å². The summed E-state index contributed by atoms with van der Waals surface area (Å²) in [4.78, 5) is 21.4. The fraction of sp³-hybridized carbons (Fsp3) is 0.364. The lowest BCUT2D eigenvalue weighted by atomic mass is 10.0. The highest BCUT2D eigenvalue weighted by Gasteiger charge is 2.32. The van der Waals surface area contributed by atoms with Crippen LogP contribution >= 0.6 is 0 Å². The zero-order valence-electron chi connectivity index (χ0n) is 10.1. The zero-order valence-corrected chi connectivity index (χ0v) is 10.1. The van der Waals surface area contributed by atoms with Crippen LogP contribution in [0, 0.1) is 27.7 Å². The topological polar surface area (TPSA) is 107 Å². The van der Waals surface area contributed by atoms with Gasteiger partial charge in [0.2, 0.25) is 11.7 Å². The van der Waals surface area contributed by atoms with Crippen LogP contribution in [0.2, 0.25) is 0 Å². The normalized spacial score (nSPS) is 21.8. The molecular weight excluding hydrogens is 276 g/mol. The number of nitrogens with one attached hydrogen (secondary N) is 1. The van der Waals surface area contributed by atoms with E-state index in [4.69, 9.17) is 10.5 Å². The first-order chi connectivity index (χ1) is 9.40. The van der Waals surface area contributed by atoms with Gasteiger partial charge in [0.25, 0.3) is 0 Å². The summed E-state index contributed by atoms with van der Waals surface area (Å²) in [6.07, 6.45) is 0. The molecule has 1 aromatic rings. The van der Waals surface area contributed by atoms with Gasteiger partial charge in [-0.2, -0.15) is 4.39 Å². The number of carbonyl (C=O) groups excluding carboxylic acids is 1. The van der Waals surface area contributed by atoms with E-state index in [0.29, 0.717) is 12.1 Å². The van der Waals surface area contributed by atoms with E-state index in [1.165, 1.54) is 0 Å². The molecule has 2 unspecified atom stereocenters. The lowest BCUT2D eigenvalue weighted by molar-refractivity contribution is -0.387. The third-order valence-electron chi connectivity index (χ3n) is 2.95. The molecule has 7 nitrogen and oxygen atoms in total. The highest BCUT2D eigenvalue weighted by Crippen LogP contribution is 2.26. The molecule has 2 rings (SSSR count). The Kier molecular flexibility index (Phi) is 3.91. The molecule has 0 aromatic heterocycles. The molecule has 0 aliphatic carbocycles. The Bertz CT molecular complexity index is 567. The Hall–Kier alpha value is -2.13. The standard InChI is InChI=1S/C11H11F2N3O4/c12-6-1-7(13)10(16(18)19)2-9(6)15-11(17)5-3-20-4-8(5)14/h1-2,5,8H,3-4,14H2,(H,15,17). The summed E-state index contributed by atoms with van der Waals surface area (Å²) in [5, 5.41) is 12.7. The van der Waals surface area contributed by atoms with Crippen LogP contribution in [0.4, 0.5) is 20.2 Å². The van der Waals surface area contributed by atoms with Gasteiger partial charge in [-0.15, -0.1) is 0 Å². The van der Waals surface area contributed by atoms with Crippen molar-refractivity contribution in [3.05, 3.63) is 33.9 Å². The molecule has 0 saturated carbocycles. The van der Waals surface area contributed by atoms with Gasteiger partial charge in [0.15, 0.2) is 0 Å². The van der Waals surface area contributed by atoms with Crippen molar-refractivity contribution in [2.24, 2.45) is 11.7 Å². The maximum atomic E-state index is 13.5. The number of nitrogens with two attached hydrogens (primary N) is 1. The van der Waals surface area contributed by atoms with Crippen LogP contribution in [-0.4, -0.2) is 30.1 Å². The first kappa shape index (κ1) is 14.3. The van der Waals surface area contributed by atoms with Crippen molar-refractivity contribution in [1.29, 1.82) is 0 Å². The van der Waals surface area contributed by atoms with Gasteiger partial charge in [-0.3, -0.25) is 14.9 Å². The van der Waals surface area contributed by atoms with E-state index in [1.54, 1.807) is 0 Å². The van der Waals surface area contributed by atoms with E-state index in [9.17, 15) is 23.7 Å². The summed E-state index contributed by atoms with van der Waals surface area (Å²) >= 11 is 0. The number of ether oxygens (including phenoxy) is 1. The molecule has 1 amide bonds. The number of anilines is 1. The molecule has 1 aliphatic rings. The second-order valence-electron chi connectivity index (χ2n) is 4.34. The average molecular weight is 287 g/mol. The van der Waals surface area contributed by atoms with Gasteiger partial charge in [-0.05, 0) is 0 Å². The van der Waals surface area contributed by atoms with Crippen LogP contribution in [0.3, 0.4) is 0 Å². The van der Waals surface area contributed by atoms with Gasteiger partial charge in [0.05, 0.1) is 29.7 Å². The van der Waals surface area contributed by atoms with Gasteiger partial charge in [-0.25, -0.2) is 4.39 Å². The molecule has 2 atom stereocenters. The fourth-order valence-corrected chi connectivity index (χ4v) is 1.84. The van der Waals surface area contributed by atoms with Crippen molar-refractivity contribution in [3.8, 4) is 0 Å². The van der Waals surface area contributed by atoms with Crippen LogP contribution in [0.1, 0.15) is 0 Å². The van der Waals surface area contributed by atoms with Crippen LogP contribution in [0.25, 0.3) is 0 Å². The first-order valence-corrected chi connectivity index (χ1v) is 5.67.